The molecule has 1 atom stereocenters. The Hall–Kier alpha value is -1.87. The monoisotopic (exact) mass is 268 g/mol. The third kappa shape index (κ3) is 2.99. The van der Waals surface area contributed by atoms with E-state index in [-0.39, 0.29) is 5.60 Å². The minimum absolute atomic E-state index is 0.0892. The van der Waals surface area contributed by atoms with Crippen molar-refractivity contribution in [2.24, 2.45) is 0 Å². The maximum Gasteiger partial charge on any atom is 0.120 e. The Morgan fingerprint density at radius 1 is 1.15 bits per heavy atom. The highest BCUT2D eigenvalue weighted by Gasteiger charge is 2.28. The van der Waals surface area contributed by atoms with Gasteiger partial charge in [0.25, 0.3) is 0 Å². The molecule has 1 saturated heterocycles. The maximum atomic E-state index is 6.16. The van der Waals surface area contributed by atoms with Crippen LogP contribution in [-0.4, -0.2) is 23.7 Å². The molecule has 1 aromatic carbocycles. The molecule has 0 spiro atoms. The molecule has 3 nitrogen and oxygen atoms in total. The van der Waals surface area contributed by atoms with E-state index in [1.807, 2.05) is 24.4 Å². The van der Waals surface area contributed by atoms with Gasteiger partial charge in [-0.25, -0.2) is 0 Å². The fourth-order valence-corrected chi connectivity index (χ4v) is 2.65. The second-order valence-corrected chi connectivity index (χ2v) is 5.60. The fraction of sp³-hybridized carbons (Fsp3) is 0.353. The number of hydrogen-bond donors (Lipinski definition) is 1. The van der Waals surface area contributed by atoms with Gasteiger partial charge in [0.1, 0.15) is 11.4 Å². The summed E-state index contributed by atoms with van der Waals surface area (Å²) in [5.74, 6) is 0.934. The molecule has 0 amide bonds. The van der Waals surface area contributed by atoms with E-state index in [1.54, 1.807) is 6.20 Å². The Morgan fingerprint density at radius 2 is 2.00 bits per heavy atom. The Labute approximate surface area is 120 Å². The fourth-order valence-electron chi connectivity index (χ4n) is 2.65. The number of benzene rings is 1. The minimum atomic E-state index is -0.0892. The summed E-state index contributed by atoms with van der Waals surface area (Å²) in [6.07, 6.45) is 5.94. The van der Waals surface area contributed by atoms with Gasteiger partial charge in [0.2, 0.25) is 0 Å². The van der Waals surface area contributed by atoms with Crippen molar-refractivity contribution < 1.29 is 4.74 Å². The average molecular weight is 268 g/mol. The van der Waals surface area contributed by atoms with E-state index in [2.05, 4.69) is 35.4 Å². The minimum Gasteiger partial charge on any atom is -0.486 e. The van der Waals surface area contributed by atoms with E-state index >= 15 is 0 Å². The summed E-state index contributed by atoms with van der Waals surface area (Å²) in [7, 11) is 0. The van der Waals surface area contributed by atoms with Crippen molar-refractivity contribution in [1.29, 1.82) is 0 Å². The van der Waals surface area contributed by atoms with Crippen LogP contribution in [0.1, 0.15) is 19.8 Å². The molecule has 0 radical (unpaired) electrons. The Bertz CT molecular complexity index is 545. The summed E-state index contributed by atoms with van der Waals surface area (Å²) in [5.41, 5.74) is 2.20. The smallest absolute Gasteiger partial charge is 0.120 e. The second-order valence-electron chi connectivity index (χ2n) is 5.60. The lowest BCUT2D eigenvalue weighted by Gasteiger charge is -2.34. The molecular formula is C17H20N2O. The summed E-state index contributed by atoms with van der Waals surface area (Å²) in [4.78, 5) is 4.15. The molecule has 20 heavy (non-hydrogen) atoms. The van der Waals surface area contributed by atoms with Crippen molar-refractivity contribution in [2.45, 2.75) is 25.4 Å². The van der Waals surface area contributed by atoms with Crippen molar-refractivity contribution in [2.75, 3.05) is 13.1 Å². The zero-order chi connectivity index (χ0) is 13.8. The van der Waals surface area contributed by atoms with Crippen LogP contribution >= 0.6 is 0 Å². The molecule has 1 unspecified atom stereocenters. The van der Waals surface area contributed by atoms with Crippen LogP contribution in [0.25, 0.3) is 11.1 Å². The van der Waals surface area contributed by atoms with Crippen molar-refractivity contribution in [1.82, 2.24) is 10.3 Å². The van der Waals surface area contributed by atoms with E-state index in [9.17, 15) is 0 Å². The van der Waals surface area contributed by atoms with Crippen molar-refractivity contribution in [3.63, 3.8) is 0 Å². The van der Waals surface area contributed by atoms with Crippen molar-refractivity contribution in [3.8, 4) is 16.9 Å². The molecule has 0 bridgehead atoms. The summed E-state index contributed by atoms with van der Waals surface area (Å²) in [6, 6.07) is 12.3. The van der Waals surface area contributed by atoms with E-state index in [0.29, 0.717) is 0 Å². The first-order chi connectivity index (χ1) is 9.75. The molecule has 1 fully saturated rings. The summed E-state index contributed by atoms with van der Waals surface area (Å²) in [5, 5.41) is 3.40. The number of nitrogens with zero attached hydrogens (tertiary/aromatic N) is 1. The molecule has 1 N–H and O–H groups in total. The van der Waals surface area contributed by atoms with Crippen LogP contribution in [0.15, 0.2) is 48.8 Å². The maximum absolute atomic E-state index is 6.16. The number of rotatable bonds is 3. The third-order valence-corrected chi connectivity index (χ3v) is 3.77. The largest absolute Gasteiger partial charge is 0.486 e. The Kier molecular flexibility index (Phi) is 3.70. The summed E-state index contributed by atoms with van der Waals surface area (Å²) < 4.78 is 6.16. The summed E-state index contributed by atoms with van der Waals surface area (Å²) in [6.45, 7) is 4.18. The standard InChI is InChI=1S/C17H20N2O/c1-17(9-3-11-19-13-17)20-16-7-5-14(6-8-16)15-4-2-10-18-12-15/h2,4-8,10,12,19H,3,9,11,13H2,1H3. The van der Waals surface area contributed by atoms with Crippen LogP contribution in [0.5, 0.6) is 5.75 Å². The topological polar surface area (TPSA) is 34.1 Å². The van der Waals surface area contributed by atoms with Gasteiger partial charge in [-0.1, -0.05) is 18.2 Å². The van der Waals surface area contributed by atoms with Gasteiger partial charge in [0.15, 0.2) is 0 Å². The van der Waals surface area contributed by atoms with E-state index in [0.717, 1.165) is 36.4 Å². The van der Waals surface area contributed by atoms with Crippen LogP contribution in [0.2, 0.25) is 0 Å². The van der Waals surface area contributed by atoms with Gasteiger partial charge in [0, 0.05) is 18.9 Å². The first kappa shape index (κ1) is 13.1. The number of hydrogen-bond acceptors (Lipinski definition) is 3. The number of pyridine rings is 1. The number of nitrogens with one attached hydrogen (secondary N) is 1. The zero-order valence-electron chi connectivity index (χ0n) is 11.8. The first-order valence-corrected chi connectivity index (χ1v) is 7.15. The van der Waals surface area contributed by atoms with Crippen LogP contribution < -0.4 is 10.1 Å². The summed E-state index contributed by atoms with van der Waals surface area (Å²) >= 11 is 0. The highest BCUT2D eigenvalue weighted by Crippen LogP contribution is 2.26. The van der Waals surface area contributed by atoms with Gasteiger partial charge in [-0.3, -0.25) is 4.98 Å². The third-order valence-electron chi connectivity index (χ3n) is 3.77. The molecule has 1 aliphatic heterocycles. The number of piperidine rings is 1. The molecule has 2 aromatic rings. The lowest BCUT2D eigenvalue weighted by atomic mass is 9.96. The molecule has 0 saturated carbocycles. The quantitative estimate of drug-likeness (QED) is 0.927. The highest BCUT2D eigenvalue weighted by atomic mass is 16.5. The highest BCUT2D eigenvalue weighted by molar-refractivity contribution is 5.62. The molecule has 0 aliphatic carbocycles. The normalized spacial score (nSPS) is 22.4. The van der Waals surface area contributed by atoms with Crippen molar-refractivity contribution >= 4 is 0 Å². The number of aromatic nitrogens is 1. The van der Waals surface area contributed by atoms with Crippen LogP contribution in [0, 0.1) is 0 Å². The van der Waals surface area contributed by atoms with E-state index < -0.39 is 0 Å². The molecular weight excluding hydrogens is 248 g/mol. The van der Waals surface area contributed by atoms with Crippen LogP contribution in [0.3, 0.4) is 0 Å². The SMILES string of the molecule is CC1(Oc2ccc(-c3cccnc3)cc2)CCCNC1. The van der Waals surface area contributed by atoms with Gasteiger partial charge >= 0.3 is 0 Å². The average Bonchev–Trinajstić information content (AvgIpc) is 2.49. The molecule has 3 heteroatoms. The van der Waals surface area contributed by atoms with Gasteiger partial charge in [-0.15, -0.1) is 0 Å². The van der Waals surface area contributed by atoms with Crippen LogP contribution in [-0.2, 0) is 0 Å². The lowest BCUT2D eigenvalue weighted by molar-refractivity contribution is 0.0615. The van der Waals surface area contributed by atoms with Gasteiger partial charge < -0.3 is 10.1 Å². The van der Waals surface area contributed by atoms with Crippen LogP contribution in [0.4, 0.5) is 0 Å². The zero-order valence-corrected chi connectivity index (χ0v) is 11.8. The number of ether oxygens (including phenoxy) is 1. The lowest BCUT2D eigenvalue weighted by Crippen LogP contribution is -2.47. The van der Waals surface area contributed by atoms with E-state index in [4.69, 9.17) is 4.74 Å². The Balaban J connectivity index is 1.73. The predicted octanol–water partition coefficient (Wildman–Crippen LogP) is 3.27. The van der Waals surface area contributed by atoms with E-state index in [1.165, 1.54) is 6.42 Å². The second kappa shape index (κ2) is 5.63. The van der Waals surface area contributed by atoms with Gasteiger partial charge in [-0.05, 0) is 55.6 Å². The molecule has 104 valence electrons. The molecule has 3 rings (SSSR count). The van der Waals surface area contributed by atoms with Crippen molar-refractivity contribution in [3.05, 3.63) is 48.8 Å². The Morgan fingerprint density at radius 3 is 2.65 bits per heavy atom. The first-order valence-electron chi connectivity index (χ1n) is 7.15. The molecule has 2 heterocycles. The predicted molar refractivity (Wildman–Crippen MR) is 80.8 cm³/mol. The van der Waals surface area contributed by atoms with Gasteiger partial charge in [0.05, 0.1) is 0 Å². The molecule has 1 aliphatic rings. The molecule has 1 aromatic heterocycles. The van der Waals surface area contributed by atoms with Gasteiger partial charge in [-0.2, -0.15) is 0 Å².